The van der Waals surface area contributed by atoms with E-state index in [0.29, 0.717) is 23.0 Å². The van der Waals surface area contributed by atoms with Crippen LogP contribution in [0, 0.1) is 0 Å². The first-order valence-corrected chi connectivity index (χ1v) is 8.38. The number of benzene rings is 1. The van der Waals surface area contributed by atoms with Crippen LogP contribution in [0.3, 0.4) is 0 Å². The quantitative estimate of drug-likeness (QED) is 0.900. The average molecular weight is 367 g/mol. The smallest absolute Gasteiger partial charge is 0.290 e. The summed E-state index contributed by atoms with van der Waals surface area (Å²) in [6.07, 6.45) is 2.86. The zero-order valence-corrected chi connectivity index (χ0v) is 14.3. The normalized spacial score (nSPS) is 17.1. The first kappa shape index (κ1) is 16.9. The molecule has 1 aromatic carbocycles. The average Bonchev–Trinajstić information content (AvgIpc) is 3.24. The molecule has 1 aliphatic rings. The highest BCUT2D eigenvalue weighted by molar-refractivity contribution is 6.35. The molecule has 2 aromatic rings. The predicted octanol–water partition coefficient (Wildman–Crippen LogP) is 3.51. The fraction of sp³-hybridized carbons (Fsp3) is 0.294. The van der Waals surface area contributed by atoms with Crippen LogP contribution in [0.1, 0.15) is 29.0 Å². The van der Waals surface area contributed by atoms with E-state index in [1.54, 1.807) is 35.2 Å². The second kappa shape index (κ2) is 7.28. The monoisotopic (exact) mass is 366 g/mol. The van der Waals surface area contributed by atoms with Crippen molar-refractivity contribution in [1.29, 1.82) is 0 Å². The van der Waals surface area contributed by atoms with E-state index in [0.717, 1.165) is 12.0 Å². The predicted molar refractivity (Wildman–Crippen MR) is 91.1 cm³/mol. The van der Waals surface area contributed by atoms with Crippen molar-refractivity contribution in [3.05, 3.63) is 58.0 Å². The molecule has 2 amide bonds. The van der Waals surface area contributed by atoms with Gasteiger partial charge in [-0.05, 0) is 42.7 Å². The number of nitrogens with one attached hydrogen (secondary N) is 1. The maximum atomic E-state index is 12.5. The van der Waals surface area contributed by atoms with Gasteiger partial charge in [-0.2, -0.15) is 0 Å². The first-order valence-electron chi connectivity index (χ1n) is 7.62. The van der Waals surface area contributed by atoms with E-state index >= 15 is 0 Å². The Hall–Kier alpha value is -1.98. The van der Waals surface area contributed by atoms with Crippen LogP contribution in [0.5, 0.6) is 0 Å². The van der Waals surface area contributed by atoms with Crippen LogP contribution in [0.4, 0.5) is 0 Å². The molecule has 24 heavy (non-hydrogen) atoms. The van der Waals surface area contributed by atoms with Crippen LogP contribution in [-0.2, 0) is 11.3 Å². The lowest BCUT2D eigenvalue weighted by molar-refractivity contribution is -0.125. The third kappa shape index (κ3) is 3.57. The summed E-state index contributed by atoms with van der Waals surface area (Å²) in [5.74, 6) is -0.212. The summed E-state index contributed by atoms with van der Waals surface area (Å²) in [5, 5.41) is 3.88. The Morgan fingerprint density at radius 3 is 2.83 bits per heavy atom. The van der Waals surface area contributed by atoms with Crippen LogP contribution < -0.4 is 5.32 Å². The van der Waals surface area contributed by atoms with Gasteiger partial charge in [0.1, 0.15) is 6.04 Å². The van der Waals surface area contributed by atoms with E-state index in [1.165, 1.54) is 6.26 Å². The largest absolute Gasteiger partial charge is 0.459 e. The summed E-state index contributed by atoms with van der Waals surface area (Å²) in [4.78, 5) is 26.4. The van der Waals surface area contributed by atoms with Gasteiger partial charge in [0.15, 0.2) is 5.76 Å². The Balaban J connectivity index is 1.64. The maximum absolute atomic E-state index is 12.5. The minimum absolute atomic E-state index is 0.196. The van der Waals surface area contributed by atoms with Crippen molar-refractivity contribution in [2.75, 3.05) is 6.54 Å². The number of furan rings is 1. The van der Waals surface area contributed by atoms with Gasteiger partial charge in [0.05, 0.1) is 6.26 Å². The number of hydrogen-bond acceptors (Lipinski definition) is 3. The molecule has 0 bridgehead atoms. The highest BCUT2D eigenvalue weighted by Gasteiger charge is 2.35. The summed E-state index contributed by atoms with van der Waals surface area (Å²) in [5.41, 5.74) is 0.774. The molecule has 3 rings (SSSR count). The van der Waals surface area contributed by atoms with Crippen molar-refractivity contribution < 1.29 is 14.0 Å². The molecule has 0 saturated carbocycles. The molecule has 7 heteroatoms. The number of amides is 2. The van der Waals surface area contributed by atoms with Gasteiger partial charge in [-0.3, -0.25) is 9.59 Å². The summed E-state index contributed by atoms with van der Waals surface area (Å²) >= 11 is 12.0. The zero-order chi connectivity index (χ0) is 17.1. The van der Waals surface area contributed by atoms with Crippen molar-refractivity contribution in [3.8, 4) is 0 Å². The summed E-state index contributed by atoms with van der Waals surface area (Å²) in [7, 11) is 0. The highest BCUT2D eigenvalue weighted by atomic mass is 35.5. The van der Waals surface area contributed by atoms with E-state index in [1.807, 2.05) is 0 Å². The zero-order valence-electron chi connectivity index (χ0n) is 12.8. The molecule has 1 saturated heterocycles. The van der Waals surface area contributed by atoms with Gasteiger partial charge < -0.3 is 14.6 Å². The number of hydrogen-bond donors (Lipinski definition) is 1. The molecule has 1 aliphatic heterocycles. The number of nitrogens with zero attached hydrogens (tertiary/aromatic N) is 1. The summed E-state index contributed by atoms with van der Waals surface area (Å²) < 4.78 is 5.14. The van der Waals surface area contributed by atoms with Crippen LogP contribution >= 0.6 is 23.2 Å². The molecule has 5 nitrogen and oxygen atoms in total. The minimum Gasteiger partial charge on any atom is -0.459 e. The minimum atomic E-state index is -0.492. The van der Waals surface area contributed by atoms with Crippen molar-refractivity contribution in [1.82, 2.24) is 10.2 Å². The van der Waals surface area contributed by atoms with Gasteiger partial charge in [-0.25, -0.2) is 0 Å². The van der Waals surface area contributed by atoms with Crippen molar-refractivity contribution in [2.24, 2.45) is 0 Å². The molecule has 1 N–H and O–H groups in total. The number of carbonyl (C=O) groups is 2. The number of halogens is 2. The Kier molecular flexibility index (Phi) is 5.11. The third-order valence-electron chi connectivity index (χ3n) is 4.02. The molecule has 2 heterocycles. The van der Waals surface area contributed by atoms with Crippen molar-refractivity contribution >= 4 is 35.0 Å². The highest BCUT2D eigenvalue weighted by Crippen LogP contribution is 2.23. The Morgan fingerprint density at radius 2 is 2.12 bits per heavy atom. The summed E-state index contributed by atoms with van der Waals surface area (Å²) in [6, 6.07) is 7.88. The van der Waals surface area contributed by atoms with Crippen LogP contribution in [0.15, 0.2) is 41.0 Å². The fourth-order valence-corrected chi connectivity index (χ4v) is 3.26. The molecule has 1 aromatic heterocycles. The van der Waals surface area contributed by atoms with Crippen LogP contribution in [0.2, 0.25) is 10.0 Å². The molecule has 0 aliphatic carbocycles. The second-order valence-corrected chi connectivity index (χ2v) is 6.43. The number of rotatable bonds is 4. The molecule has 0 radical (unpaired) electrons. The molecule has 1 atom stereocenters. The fourth-order valence-electron chi connectivity index (χ4n) is 2.79. The van der Waals surface area contributed by atoms with Gasteiger partial charge in [-0.1, -0.05) is 29.3 Å². The van der Waals surface area contributed by atoms with Gasteiger partial charge in [-0.15, -0.1) is 0 Å². The van der Waals surface area contributed by atoms with Gasteiger partial charge in [0.2, 0.25) is 5.91 Å². The molecule has 0 spiro atoms. The summed E-state index contributed by atoms with van der Waals surface area (Å²) in [6.45, 7) is 0.827. The Morgan fingerprint density at radius 1 is 1.29 bits per heavy atom. The van der Waals surface area contributed by atoms with E-state index < -0.39 is 6.04 Å². The molecular formula is C17H16Cl2N2O3. The Labute approximate surface area is 149 Å². The van der Waals surface area contributed by atoms with Crippen LogP contribution in [0.25, 0.3) is 0 Å². The lowest BCUT2D eigenvalue weighted by atomic mass is 10.1. The van der Waals surface area contributed by atoms with Crippen LogP contribution in [-0.4, -0.2) is 29.3 Å². The molecule has 0 unspecified atom stereocenters. The Bertz CT molecular complexity index is 746. The van der Waals surface area contributed by atoms with E-state index in [2.05, 4.69) is 5.32 Å². The van der Waals surface area contributed by atoms with Crippen molar-refractivity contribution in [2.45, 2.75) is 25.4 Å². The third-order valence-corrected chi connectivity index (χ3v) is 4.60. The molecule has 126 valence electrons. The van der Waals surface area contributed by atoms with E-state index in [9.17, 15) is 9.59 Å². The maximum Gasteiger partial charge on any atom is 0.290 e. The second-order valence-electron chi connectivity index (χ2n) is 5.59. The first-order chi connectivity index (χ1) is 11.6. The topological polar surface area (TPSA) is 62.6 Å². The van der Waals surface area contributed by atoms with Gasteiger partial charge >= 0.3 is 0 Å². The SMILES string of the molecule is O=C(NCc1ccc(Cl)cc1Cl)[C@@H]1CCCN1C(=O)c1ccco1. The molecule has 1 fully saturated rings. The number of likely N-dealkylation sites (tertiary alicyclic amines) is 1. The number of carbonyl (C=O) groups excluding carboxylic acids is 2. The van der Waals surface area contributed by atoms with Crippen molar-refractivity contribution in [3.63, 3.8) is 0 Å². The van der Waals surface area contributed by atoms with Gasteiger partial charge in [0, 0.05) is 23.1 Å². The van der Waals surface area contributed by atoms with E-state index in [-0.39, 0.29) is 24.1 Å². The lowest BCUT2D eigenvalue weighted by Gasteiger charge is -2.23. The molecular weight excluding hydrogens is 351 g/mol. The lowest BCUT2D eigenvalue weighted by Crippen LogP contribution is -2.45. The van der Waals surface area contributed by atoms with E-state index in [4.69, 9.17) is 27.6 Å². The van der Waals surface area contributed by atoms with Gasteiger partial charge in [0.25, 0.3) is 5.91 Å². The standard InChI is InChI=1S/C17H16Cl2N2O3/c18-12-6-5-11(13(19)9-12)10-20-16(22)14-3-1-7-21(14)17(23)15-4-2-8-24-15/h2,4-6,8-9,14H,1,3,7,10H2,(H,20,22)/t14-/m0/s1.